The Hall–Kier alpha value is -2.33. The summed E-state index contributed by atoms with van der Waals surface area (Å²) < 4.78 is 5.80. The van der Waals surface area contributed by atoms with E-state index in [0.29, 0.717) is 18.7 Å². The number of isothiocyanates is 1. The van der Waals surface area contributed by atoms with Crippen molar-refractivity contribution in [2.45, 2.75) is 44.2 Å². The van der Waals surface area contributed by atoms with Crippen molar-refractivity contribution in [2.24, 2.45) is 10.9 Å². The highest BCUT2D eigenvalue weighted by molar-refractivity contribution is 7.78. The molecule has 1 aliphatic carbocycles. The Morgan fingerprint density at radius 2 is 2.40 bits per heavy atom. The molecule has 1 saturated carbocycles. The van der Waals surface area contributed by atoms with Gasteiger partial charge in [0.25, 0.3) is 0 Å². The number of nitrogens with zero attached hydrogens (tertiary/aromatic N) is 3. The minimum absolute atomic E-state index is 0.104. The zero-order chi connectivity index (χ0) is 18.2. The minimum atomic E-state index is -1.08. The second kappa shape index (κ2) is 9.23. The van der Waals surface area contributed by atoms with Crippen LogP contribution in [0.25, 0.3) is 0 Å². The van der Waals surface area contributed by atoms with Crippen molar-refractivity contribution >= 4 is 29.2 Å². The number of ether oxygens (including phenoxy) is 1. The fourth-order valence-corrected chi connectivity index (χ4v) is 3.57. The number of rotatable bonds is 6. The van der Waals surface area contributed by atoms with Gasteiger partial charge in [-0.15, -0.1) is 0 Å². The summed E-state index contributed by atoms with van der Waals surface area (Å²) in [6, 6.07) is 3.56. The van der Waals surface area contributed by atoms with Gasteiger partial charge in [0, 0.05) is 6.20 Å². The quantitative estimate of drug-likeness (QED) is 0.458. The highest BCUT2D eigenvalue weighted by atomic mass is 32.1. The Morgan fingerprint density at radius 3 is 3.08 bits per heavy atom. The summed E-state index contributed by atoms with van der Waals surface area (Å²) in [6.45, 7) is 2.33. The van der Waals surface area contributed by atoms with Crippen LogP contribution in [0, 0.1) is 17.2 Å². The lowest BCUT2D eigenvalue weighted by atomic mass is 9.74. The Bertz CT molecular complexity index is 699. The summed E-state index contributed by atoms with van der Waals surface area (Å²) in [5.41, 5.74) is 1.64. The molecule has 1 aliphatic rings. The number of aliphatic imine (C=N–C) groups is 1. The van der Waals surface area contributed by atoms with E-state index in [1.54, 1.807) is 12.4 Å². The number of amides is 1. The number of carbonyl (C=O) groups is 1. The summed E-state index contributed by atoms with van der Waals surface area (Å²) in [6.07, 6.45) is 3.66. The van der Waals surface area contributed by atoms with Crippen LogP contribution in [0.5, 0.6) is 0 Å². The van der Waals surface area contributed by atoms with Gasteiger partial charge < -0.3 is 15.2 Å². The molecule has 0 radical (unpaired) electrons. The molecule has 0 bridgehead atoms. The largest absolute Gasteiger partial charge is 0.465 e. The van der Waals surface area contributed by atoms with Gasteiger partial charge in [0.15, 0.2) is 0 Å². The molecule has 1 fully saturated rings. The lowest BCUT2D eigenvalue weighted by Crippen LogP contribution is -2.51. The highest BCUT2D eigenvalue weighted by Crippen LogP contribution is 2.40. The molecule has 2 rings (SSSR count). The van der Waals surface area contributed by atoms with Crippen molar-refractivity contribution in [3.63, 3.8) is 0 Å². The minimum Gasteiger partial charge on any atom is -0.465 e. The average molecular weight is 360 g/mol. The van der Waals surface area contributed by atoms with Gasteiger partial charge >= 0.3 is 6.09 Å². The molecular weight excluding hydrogens is 340 g/mol. The van der Waals surface area contributed by atoms with Gasteiger partial charge in [-0.3, -0.25) is 4.98 Å². The van der Waals surface area contributed by atoms with Gasteiger partial charge in [0.1, 0.15) is 0 Å². The number of thiocarbonyl (C=S) groups is 1. The topological polar surface area (TPSA) is 108 Å². The summed E-state index contributed by atoms with van der Waals surface area (Å²) in [4.78, 5) is 19.3. The van der Waals surface area contributed by atoms with Gasteiger partial charge in [-0.25, -0.2) is 4.79 Å². The third kappa shape index (κ3) is 5.07. The van der Waals surface area contributed by atoms with E-state index in [1.165, 1.54) is 0 Å². The molecule has 4 atom stereocenters. The van der Waals surface area contributed by atoms with E-state index in [9.17, 15) is 4.79 Å². The Labute approximate surface area is 151 Å². The SMILES string of the molecule is C[C@H]1C[C@@H](c2ccncc2N=C=S)C[C@@H](NC(=O)O)[C@H]1OCCC#N. The zero-order valence-electron chi connectivity index (χ0n) is 13.9. The number of hydrogen-bond acceptors (Lipinski definition) is 6. The molecule has 0 aromatic carbocycles. The van der Waals surface area contributed by atoms with Crippen LogP contribution in [-0.2, 0) is 4.74 Å². The fraction of sp³-hybridized carbons (Fsp3) is 0.529. The van der Waals surface area contributed by atoms with E-state index in [-0.39, 0.29) is 30.4 Å². The highest BCUT2D eigenvalue weighted by Gasteiger charge is 2.38. The predicted molar refractivity (Wildman–Crippen MR) is 95.0 cm³/mol. The van der Waals surface area contributed by atoms with Crippen molar-refractivity contribution in [1.29, 1.82) is 5.26 Å². The molecule has 1 heterocycles. The van der Waals surface area contributed by atoms with Crippen molar-refractivity contribution < 1.29 is 14.6 Å². The molecule has 132 valence electrons. The molecule has 1 amide bonds. The summed E-state index contributed by atoms with van der Waals surface area (Å²) >= 11 is 4.70. The van der Waals surface area contributed by atoms with E-state index in [1.807, 2.05) is 19.1 Å². The van der Waals surface area contributed by atoms with E-state index in [4.69, 9.17) is 27.3 Å². The van der Waals surface area contributed by atoms with Gasteiger partial charge in [-0.2, -0.15) is 10.3 Å². The first-order valence-electron chi connectivity index (χ1n) is 8.06. The Balaban J connectivity index is 2.23. The molecule has 7 nitrogen and oxygen atoms in total. The molecule has 0 saturated heterocycles. The van der Waals surface area contributed by atoms with E-state index in [2.05, 4.69) is 20.5 Å². The number of nitrogens with one attached hydrogen (secondary N) is 1. The van der Waals surface area contributed by atoms with Gasteiger partial charge in [-0.1, -0.05) is 6.92 Å². The smallest absolute Gasteiger partial charge is 0.404 e. The fourth-order valence-electron chi connectivity index (χ4n) is 3.48. The number of hydrogen-bond donors (Lipinski definition) is 2. The monoisotopic (exact) mass is 360 g/mol. The van der Waals surface area contributed by atoms with Crippen LogP contribution in [0.1, 0.15) is 37.7 Å². The first-order chi connectivity index (χ1) is 12.1. The molecule has 25 heavy (non-hydrogen) atoms. The summed E-state index contributed by atoms with van der Waals surface area (Å²) in [7, 11) is 0. The molecule has 2 N–H and O–H groups in total. The van der Waals surface area contributed by atoms with Crippen molar-refractivity contribution in [3.05, 3.63) is 24.0 Å². The molecular formula is C17H20N4O3S. The number of nitriles is 1. The van der Waals surface area contributed by atoms with E-state index in [0.717, 1.165) is 12.0 Å². The van der Waals surface area contributed by atoms with Gasteiger partial charge in [0.05, 0.1) is 48.3 Å². The van der Waals surface area contributed by atoms with Crippen LogP contribution in [0.4, 0.5) is 10.5 Å². The maximum absolute atomic E-state index is 11.2. The lowest BCUT2D eigenvalue weighted by molar-refractivity contribution is -0.0280. The van der Waals surface area contributed by atoms with Crippen LogP contribution in [0.2, 0.25) is 0 Å². The third-order valence-electron chi connectivity index (χ3n) is 4.42. The average Bonchev–Trinajstić information content (AvgIpc) is 2.57. The van der Waals surface area contributed by atoms with Crippen LogP contribution in [0.3, 0.4) is 0 Å². The zero-order valence-corrected chi connectivity index (χ0v) is 14.7. The predicted octanol–water partition coefficient (Wildman–Crippen LogP) is 3.26. The lowest BCUT2D eigenvalue weighted by Gasteiger charge is -2.40. The molecule has 0 unspecified atom stereocenters. The molecule has 0 spiro atoms. The molecule has 8 heteroatoms. The standard InChI is InChI=1S/C17H20N4O3S/c1-11-7-12(13-3-5-19-9-15(13)20-10-25)8-14(21-17(22)23)16(11)24-6-2-4-18/h3,5,9,11-12,14,16,21H,2,6-8H2,1H3,(H,22,23)/t11-,12+,14+,16-/m0/s1. The Kier molecular flexibility index (Phi) is 7.02. The second-order valence-electron chi connectivity index (χ2n) is 6.08. The van der Waals surface area contributed by atoms with Crippen LogP contribution in [-0.4, -0.2) is 40.1 Å². The van der Waals surface area contributed by atoms with Gasteiger partial charge in [0.2, 0.25) is 0 Å². The Morgan fingerprint density at radius 1 is 1.60 bits per heavy atom. The maximum Gasteiger partial charge on any atom is 0.404 e. The third-order valence-corrected chi connectivity index (χ3v) is 4.52. The summed E-state index contributed by atoms with van der Waals surface area (Å²) in [5.74, 6) is 0.222. The van der Waals surface area contributed by atoms with Crippen LogP contribution in [0.15, 0.2) is 23.5 Å². The number of pyridine rings is 1. The normalized spacial score (nSPS) is 25.4. The van der Waals surface area contributed by atoms with Crippen molar-refractivity contribution in [3.8, 4) is 6.07 Å². The second-order valence-corrected chi connectivity index (χ2v) is 6.27. The first-order valence-corrected chi connectivity index (χ1v) is 8.47. The molecule has 1 aromatic heterocycles. The molecule has 0 aliphatic heterocycles. The van der Waals surface area contributed by atoms with Gasteiger partial charge in [-0.05, 0) is 48.5 Å². The number of carboxylic acid groups (broad SMARTS) is 1. The van der Waals surface area contributed by atoms with Crippen molar-refractivity contribution in [2.75, 3.05) is 6.61 Å². The van der Waals surface area contributed by atoms with E-state index >= 15 is 0 Å². The first kappa shape index (κ1) is 19.0. The molecule has 1 aromatic rings. The summed E-state index contributed by atoms with van der Waals surface area (Å²) in [5, 5.41) is 22.8. The van der Waals surface area contributed by atoms with Crippen LogP contribution < -0.4 is 5.32 Å². The van der Waals surface area contributed by atoms with Crippen molar-refractivity contribution in [1.82, 2.24) is 10.3 Å². The maximum atomic E-state index is 11.2. The number of aromatic nitrogens is 1. The van der Waals surface area contributed by atoms with E-state index < -0.39 is 6.09 Å². The van der Waals surface area contributed by atoms with Crippen LogP contribution >= 0.6 is 12.2 Å².